The first-order chi connectivity index (χ1) is 15.1. The van der Waals surface area contributed by atoms with Gasteiger partial charge in [-0.2, -0.15) is 0 Å². The van der Waals surface area contributed by atoms with Gasteiger partial charge in [0.05, 0.1) is 17.2 Å². The van der Waals surface area contributed by atoms with Gasteiger partial charge in [-0.15, -0.1) is 0 Å². The third-order valence-corrected chi connectivity index (χ3v) is 5.69. The van der Waals surface area contributed by atoms with Crippen LogP contribution < -0.4 is 5.32 Å². The summed E-state index contributed by atoms with van der Waals surface area (Å²) in [6.45, 7) is 2.99. The van der Waals surface area contributed by atoms with Gasteiger partial charge in [0.15, 0.2) is 0 Å². The number of likely N-dealkylation sites (tertiary alicyclic amines) is 1. The van der Waals surface area contributed by atoms with E-state index in [0.29, 0.717) is 40.9 Å². The Hall–Kier alpha value is -3.45. The number of halogens is 1. The molecule has 1 N–H and O–H groups in total. The Bertz CT molecular complexity index is 1260. The van der Waals surface area contributed by atoms with E-state index in [4.69, 9.17) is 16.1 Å². The van der Waals surface area contributed by atoms with Crippen molar-refractivity contribution in [2.75, 3.05) is 18.4 Å². The summed E-state index contributed by atoms with van der Waals surface area (Å²) >= 11 is 6.01. The standard InChI is InChI=1S/C23H20ClN5O2/c1-14-21(22(28-31-14)15-5-3-2-4-6-15)23(30)29-10-9-17(13-29)26-20-12-25-19-11-16(24)7-8-18(19)27-20/h2-8,11-12,17H,9-10,13H2,1H3,(H,26,27)/t17-/m1/s1. The monoisotopic (exact) mass is 433 g/mol. The van der Waals surface area contributed by atoms with Crippen LogP contribution in [-0.4, -0.2) is 45.1 Å². The summed E-state index contributed by atoms with van der Waals surface area (Å²) in [4.78, 5) is 24.1. The molecule has 0 bridgehead atoms. The van der Waals surface area contributed by atoms with Crippen molar-refractivity contribution >= 4 is 34.4 Å². The van der Waals surface area contributed by atoms with E-state index in [1.165, 1.54) is 0 Å². The number of nitrogens with zero attached hydrogens (tertiary/aromatic N) is 4. The molecule has 1 saturated heterocycles. The molecule has 1 aliphatic rings. The number of rotatable bonds is 4. The summed E-state index contributed by atoms with van der Waals surface area (Å²) in [6.07, 6.45) is 2.51. The molecule has 156 valence electrons. The fourth-order valence-electron chi connectivity index (χ4n) is 3.90. The molecule has 31 heavy (non-hydrogen) atoms. The van der Waals surface area contributed by atoms with Gasteiger partial charge in [0.25, 0.3) is 5.91 Å². The van der Waals surface area contributed by atoms with Crippen molar-refractivity contribution in [3.05, 3.63) is 71.1 Å². The molecule has 0 spiro atoms. The molecule has 0 saturated carbocycles. The predicted molar refractivity (Wildman–Crippen MR) is 119 cm³/mol. The molecule has 2 aromatic carbocycles. The summed E-state index contributed by atoms with van der Waals surface area (Å²) in [6, 6.07) is 15.1. The van der Waals surface area contributed by atoms with Crippen molar-refractivity contribution in [3.8, 4) is 11.3 Å². The zero-order chi connectivity index (χ0) is 21.4. The van der Waals surface area contributed by atoms with Crippen molar-refractivity contribution in [2.45, 2.75) is 19.4 Å². The Labute approximate surface area is 184 Å². The maximum Gasteiger partial charge on any atom is 0.259 e. The van der Waals surface area contributed by atoms with E-state index < -0.39 is 0 Å². The minimum Gasteiger partial charge on any atom is -0.364 e. The van der Waals surface area contributed by atoms with Gasteiger partial charge in [0.1, 0.15) is 22.8 Å². The van der Waals surface area contributed by atoms with Crippen LogP contribution in [0.3, 0.4) is 0 Å². The van der Waals surface area contributed by atoms with Crippen LogP contribution in [0.4, 0.5) is 5.82 Å². The second-order valence-electron chi connectivity index (χ2n) is 7.60. The Morgan fingerprint density at radius 2 is 2.03 bits per heavy atom. The van der Waals surface area contributed by atoms with Crippen LogP contribution in [0.1, 0.15) is 22.5 Å². The highest BCUT2D eigenvalue weighted by atomic mass is 35.5. The molecule has 8 heteroatoms. The lowest BCUT2D eigenvalue weighted by Gasteiger charge is -2.17. The first-order valence-corrected chi connectivity index (χ1v) is 10.5. The Kier molecular flexibility index (Phi) is 5.03. The fraction of sp³-hybridized carbons (Fsp3) is 0.217. The molecule has 0 radical (unpaired) electrons. The number of aryl methyl sites for hydroxylation is 1. The van der Waals surface area contributed by atoms with Gasteiger partial charge < -0.3 is 14.7 Å². The third kappa shape index (κ3) is 3.84. The molecule has 3 heterocycles. The Morgan fingerprint density at radius 1 is 1.19 bits per heavy atom. The summed E-state index contributed by atoms with van der Waals surface area (Å²) < 4.78 is 5.36. The summed E-state index contributed by atoms with van der Waals surface area (Å²) in [5.74, 6) is 1.14. The molecule has 4 aromatic rings. The van der Waals surface area contributed by atoms with Crippen LogP contribution >= 0.6 is 11.6 Å². The van der Waals surface area contributed by atoms with Crippen molar-refractivity contribution in [2.24, 2.45) is 0 Å². The highest BCUT2D eigenvalue weighted by Crippen LogP contribution is 2.28. The van der Waals surface area contributed by atoms with Gasteiger partial charge >= 0.3 is 0 Å². The number of fused-ring (bicyclic) bond motifs is 1. The largest absolute Gasteiger partial charge is 0.364 e. The van der Waals surface area contributed by atoms with Crippen LogP contribution in [0.5, 0.6) is 0 Å². The smallest absolute Gasteiger partial charge is 0.259 e. The molecular formula is C23H20ClN5O2. The average Bonchev–Trinajstić information content (AvgIpc) is 3.41. The zero-order valence-electron chi connectivity index (χ0n) is 16.9. The lowest BCUT2D eigenvalue weighted by atomic mass is 10.1. The zero-order valence-corrected chi connectivity index (χ0v) is 17.6. The van der Waals surface area contributed by atoms with E-state index in [2.05, 4.69) is 20.4 Å². The van der Waals surface area contributed by atoms with Crippen LogP contribution in [0.2, 0.25) is 5.02 Å². The van der Waals surface area contributed by atoms with E-state index >= 15 is 0 Å². The second-order valence-corrected chi connectivity index (χ2v) is 8.03. The maximum atomic E-state index is 13.3. The first-order valence-electron chi connectivity index (χ1n) is 10.1. The highest BCUT2D eigenvalue weighted by Gasteiger charge is 2.31. The van der Waals surface area contributed by atoms with Gasteiger partial charge in [0, 0.05) is 29.7 Å². The predicted octanol–water partition coefficient (Wildman–Crippen LogP) is 4.57. The molecule has 2 aromatic heterocycles. The number of carbonyl (C=O) groups excluding carboxylic acids is 1. The van der Waals surface area contributed by atoms with Crippen molar-refractivity contribution in [1.29, 1.82) is 0 Å². The van der Waals surface area contributed by atoms with E-state index in [1.807, 2.05) is 41.3 Å². The van der Waals surface area contributed by atoms with E-state index in [1.54, 1.807) is 25.3 Å². The Morgan fingerprint density at radius 3 is 2.87 bits per heavy atom. The van der Waals surface area contributed by atoms with E-state index in [0.717, 1.165) is 23.0 Å². The fourth-order valence-corrected chi connectivity index (χ4v) is 4.07. The molecular weight excluding hydrogens is 414 g/mol. The lowest BCUT2D eigenvalue weighted by Crippen LogP contribution is -2.32. The highest BCUT2D eigenvalue weighted by molar-refractivity contribution is 6.31. The SMILES string of the molecule is Cc1onc(-c2ccccc2)c1C(=O)N1CC[C@@H](Nc2cnc3cc(Cl)ccc3n2)C1. The van der Waals surface area contributed by atoms with Crippen LogP contribution in [0.25, 0.3) is 22.3 Å². The summed E-state index contributed by atoms with van der Waals surface area (Å²) in [5, 5.41) is 8.16. The normalized spacial score (nSPS) is 16.1. The quantitative estimate of drug-likeness (QED) is 0.507. The van der Waals surface area contributed by atoms with Crippen molar-refractivity contribution in [3.63, 3.8) is 0 Å². The molecule has 0 aliphatic carbocycles. The Balaban J connectivity index is 1.32. The van der Waals surface area contributed by atoms with E-state index in [9.17, 15) is 4.79 Å². The third-order valence-electron chi connectivity index (χ3n) is 5.46. The number of nitrogens with one attached hydrogen (secondary N) is 1. The molecule has 1 atom stereocenters. The molecule has 0 unspecified atom stereocenters. The van der Waals surface area contributed by atoms with Gasteiger partial charge in [-0.1, -0.05) is 47.1 Å². The van der Waals surface area contributed by atoms with E-state index in [-0.39, 0.29) is 11.9 Å². The lowest BCUT2D eigenvalue weighted by molar-refractivity contribution is 0.0790. The number of hydrogen-bond acceptors (Lipinski definition) is 6. The van der Waals surface area contributed by atoms with Crippen LogP contribution in [-0.2, 0) is 0 Å². The second kappa shape index (κ2) is 8.00. The number of carbonyl (C=O) groups is 1. The minimum atomic E-state index is -0.0684. The number of aromatic nitrogens is 3. The number of benzene rings is 2. The summed E-state index contributed by atoms with van der Waals surface area (Å²) in [5.41, 5.74) is 3.49. The van der Waals surface area contributed by atoms with Gasteiger partial charge in [-0.25, -0.2) is 4.98 Å². The van der Waals surface area contributed by atoms with Crippen LogP contribution in [0.15, 0.2) is 59.3 Å². The molecule has 1 fully saturated rings. The molecule has 1 aliphatic heterocycles. The van der Waals surface area contributed by atoms with Crippen molar-refractivity contribution in [1.82, 2.24) is 20.0 Å². The first kappa shape index (κ1) is 19.5. The maximum absolute atomic E-state index is 13.3. The average molecular weight is 434 g/mol. The molecule has 1 amide bonds. The molecule has 5 rings (SSSR count). The van der Waals surface area contributed by atoms with Crippen LogP contribution in [0, 0.1) is 6.92 Å². The van der Waals surface area contributed by atoms with Gasteiger partial charge in [0.2, 0.25) is 0 Å². The number of anilines is 1. The van der Waals surface area contributed by atoms with Gasteiger partial charge in [-0.05, 0) is 31.5 Å². The van der Waals surface area contributed by atoms with Gasteiger partial charge in [-0.3, -0.25) is 9.78 Å². The number of hydrogen-bond donors (Lipinski definition) is 1. The minimum absolute atomic E-state index is 0.0684. The summed E-state index contributed by atoms with van der Waals surface area (Å²) in [7, 11) is 0. The van der Waals surface area contributed by atoms with Crippen molar-refractivity contribution < 1.29 is 9.32 Å². The topological polar surface area (TPSA) is 84.2 Å². The number of amides is 1. The molecule has 7 nitrogen and oxygen atoms in total.